The zero-order valence-electron chi connectivity index (χ0n) is 11.9. The first-order valence-electron chi connectivity index (χ1n) is 7.21. The van der Waals surface area contributed by atoms with Crippen LogP contribution < -0.4 is 11.1 Å². The molecule has 2 rings (SSSR count). The molecule has 1 saturated carbocycles. The summed E-state index contributed by atoms with van der Waals surface area (Å²) in [5.41, 5.74) is 6.32. The van der Waals surface area contributed by atoms with E-state index in [0.717, 1.165) is 6.42 Å². The zero-order valence-corrected chi connectivity index (χ0v) is 11.9. The third-order valence-electron chi connectivity index (χ3n) is 4.20. The molecule has 3 N–H and O–H groups in total. The number of anilines is 1. The average molecular weight is 264 g/mol. The van der Waals surface area contributed by atoms with Gasteiger partial charge in [0.1, 0.15) is 11.4 Å². The Bertz CT molecular complexity index is 435. The van der Waals surface area contributed by atoms with Crippen LogP contribution in [0.5, 0.6) is 0 Å². The fourth-order valence-electron chi connectivity index (χ4n) is 2.96. The average Bonchev–Trinajstić information content (AvgIpc) is 2.77. The highest BCUT2D eigenvalue weighted by atomic mass is 16.1. The Morgan fingerprint density at radius 1 is 1.53 bits per heavy atom. The van der Waals surface area contributed by atoms with Gasteiger partial charge in [0, 0.05) is 13.1 Å². The van der Waals surface area contributed by atoms with Crippen molar-refractivity contribution in [2.45, 2.75) is 51.5 Å². The number of nitrogens with zero attached hydrogens (tertiary/aromatic N) is 2. The van der Waals surface area contributed by atoms with Gasteiger partial charge in [0.25, 0.3) is 5.91 Å². The second-order valence-corrected chi connectivity index (χ2v) is 5.45. The third kappa shape index (κ3) is 3.08. The predicted octanol–water partition coefficient (Wildman–Crippen LogP) is 2.09. The third-order valence-corrected chi connectivity index (χ3v) is 4.20. The monoisotopic (exact) mass is 264 g/mol. The predicted molar refractivity (Wildman–Crippen MR) is 75.7 cm³/mol. The van der Waals surface area contributed by atoms with Crippen molar-refractivity contribution in [2.75, 3.05) is 5.73 Å². The van der Waals surface area contributed by atoms with Crippen molar-refractivity contribution >= 4 is 11.7 Å². The summed E-state index contributed by atoms with van der Waals surface area (Å²) in [5, 5.41) is 7.15. The van der Waals surface area contributed by atoms with Gasteiger partial charge in [-0.15, -0.1) is 0 Å². The van der Waals surface area contributed by atoms with Gasteiger partial charge < -0.3 is 11.1 Å². The van der Waals surface area contributed by atoms with Crippen molar-refractivity contribution in [3.05, 3.63) is 11.8 Å². The van der Waals surface area contributed by atoms with Gasteiger partial charge in [0.15, 0.2) is 0 Å². The quantitative estimate of drug-likeness (QED) is 0.874. The van der Waals surface area contributed by atoms with Crippen molar-refractivity contribution in [3.63, 3.8) is 0 Å². The highest BCUT2D eigenvalue weighted by molar-refractivity contribution is 5.98. The Kier molecular flexibility index (Phi) is 4.45. The first-order valence-corrected chi connectivity index (χ1v) is 7.21. The lowest BCUT2D eigenvalue weighted by Gasteiger charge is -2.30. The minimum atomic E-state index is -0.0944. The lowest BCUT2D eigenvalue weighted by Crippen LogP contribution is -2.40. The van der Waals surface area contributed by atoms with Crippen LogP contribution in [0.25, 0.3) is 0 Å². The van der Waals surface area contributed by atoms with Gasteiger partial charge in [-0.05, 0) is 25.2 Å². The molecule has 19 heavy (non-hydrogen) atoms. The van der Waals surface area contributed by atoms with Crippen molar-refractivity contribution in [1.82, 2.24) is 15.1 Å². The zero-order chi connectivity index (χ0) is 13.8. The number of hydrogen-bond acceptors (Lipinski definition) is 3. The number of carbonyl (C=O) groups is 1. The fraction of sp³-hybridized carbons (Fsp3) is 0.714. The lowest BCUT2D eigenvalue weighted by molar-refractivity contribution is 0.0912. The van der Waals surface area contributed by atoms with Gasteiger partial charge in [-0.3, -0.25) is 9.48 Å². The van der Waals surface area contributed by atoms with E-state index in [-0.39, 0.29) is 11.9 Å². The van der Waals surface area contributed by atoms with Crippen LogP contribution >= 0.6 is 0 Å². The maximum Gasteiger partial charge on any atom is 0.256 e. The summed E-state index contributed by atoms with van der Waals surface area (Å²) in [6, 6.07) is 0.257. The molecule has 5 nitrogen and oxygen atoms in total. The highest BCUT2D eigenvalue weighted by Crippen LogP contribution is 2.28. The number of nitrogens with two attached hydrogens (primary N) is 1. The topological polar surface area (TPSA) is 72.9 Å². The van der Waals surface area contributed by atoms with Gasteiger partial charge in [-0.2, -0.15) is 5.10 Å². The summed E-state index contributed by atoms with van der Waals surface area (Å²) in [7, 11) is 1.74. The number of carbonyl (C=O) groups excluding carboxylic acids is 1. The van der Waals surface area contributed by atoms with Crippen molar-refractivity contribution in [3.8, 4) is 0 Å². The van der Waals surface area contributed by atoms with E-state index in [1.54, 1.807) is 7.05 Å². The van der Waals surface area contributed by atoms with E-state index in [0.29, 0.717) is 17.3 Å². The largest absolute Gasteiger partial charge is 0.383 e. The minimum Gasteiger partial charge on any atom is -0.383 e. The van der Waals surface area contributed by atoms with Crippen LogP contribution in [0.1, 0.15) is 55.8 Å². The van der Waals surface area contributed by atoms with E-state index in [1.807, 2.05) is 0 Å². The number of nitrogens with one attached hydrogen (secondary N) is 1. The normalized spacial score (nSPS) is 18.2. The molecular weight excluding hydrogens is 240 g/mol. The molecule has 1 aromatic rings. The minimum absolute atomic E-state index is 0.0944. The van der Waals surface area contributed by atoms with Gasteiger partial charge in [0.2, 0.25) is 0 Å². The van der Waals surface area contributed by atoms with Crippen LogP contribution in [-0.4, -0.2) is 21.7 Å². The summed E-state index contributed by atoms with van der Waals surface area (Å²) >= 11 is 0. The van der Waals surface area contributed by atoms with Gasteiger partial charge in [-0.25, -0.2) is 0 Å². The van der Waals surface area contributed by atoms with E-state index < -0.39 is 0 Å². The maximum absolute atomic E-state index is 12.2. The number of aryl methyl sites for hydroxylation is 1. The standard InChI is InChI=1S/C14H24N4O/c1-3-12(10-7-5-4-6-8-10)17-14(19)11-9-16-18(2)13(11)15/h9-10,12H,3-8,15H2,1-2H3,(H,17,19). The van der Waals surface area contributed by atoms with Gasteiger partial charge in [0.05, 0.1) is 6.20 Å². The van der Waals surface area contributed by atoms with Crippen LogP contribution in [0.3, 0.4) is 0 Å². The molecule has 1 unspecified atom stereocenters. The van der Waals surface area contributed by atoms with Crippen molar-refractivity contribution in [1.29, 1.82) is 0 Å². The molecule has 0 radical (unpaired) electrons. The molecule has 0 saturated heterocycles. The molecule has 1 aliphatic carbocycles. The lowest BCUT2D eigenvalue weighted by atomic mass is 9.83. The molecule has 0 aliphatic heterocycles. The molecule has 0 aromatic carbocycles. The SMILES string of the molecule is CCC(NC(=O)c1cnn(C)c1N)C1CCCCC1. The number of nitrogen functional groups attached to an aromatic ring is 1. The second kappa shape index (κ2) is 6.08. The molecule has 1 heterocycles. The van der Waals surface area contributed by atoms with E-state index in [4.69, 9.17) is 5.73 Å². The Morgan fingerprint density at radius 2 is 2.21 bits per heavy atom. The molecule has 0 bridgehead atoms. The van der Waals surface area contributed by atoms with Crippen molar-refractivity contribution < 1.29 is 4.79 Å². The summed E-state index contributed by atoms with van der Waals surface area (Å²) in [5.74, 6) is 0.944. The Hall–Kier alpha value is -1.52. The van der Waals surface area contributed by atoms with Crippen LogP contribution in [0, 0.1) is 5.92 Å². The van der Waals surface area contributed by atoms with Gasteiger partial charge in [-0.1, -0.05) is 26.2 Å². The summed E-state index contributed by atoms with van der Waals surface area (Å²) in [4.78, 5) is 12.2. The first-order chi connectivity index (χ1) is 9.13. The van der Waals surface area contributed by atoms with E-state index in [1.165, 1.54) is 43.0 Å². The Morgan fingerprint density at radius 3 is 2.74 bits per heavy atom. The molecule has 1 amide bonds. The summed E-state index contributed by atoms with van der Waals surface area (Å²) < 4.78 is 1.52. The van der Waals surface area contributed by atoms with Crippen LogP contribution in [0.4, 0.5) is 5.82 Å². The van der Waals surface area contributed by atoms with Gasteiger partial charge >= 0.3 is 0 Å². The van der Waals surface area contributed by atoms with E-state index >= 15 is 0 Å². The van der Waals surface area contributed by atoms with E-state index in [9.17, 15) is 4.79 Å². The smallest absolute Gasteiger partial charge is 0.256 e. The number of aromatic nitrogens is 2. The summed E-state index contributed by atoms with van der Waals surface area (Å²) in [6.07, 6.45) is 8.85. The molecular formula is C14H24N4O. The number of amides is 1. The molecule has 1 aromatic heterocycles. The van der Waals surface area contributed by atoms with Crippen molar-refractivity contribution in [2.24, 2.45) is 13.0 Å². The fourth-order valence-corrected chi connectivity index (χ4v) is 2.96. The maximum atomic E-state index is 12.2. The highest BCUT2D eigenvalue weighted by Gasteiger charge is 2.25. The van der Waals surface area contributed by atoms with Crippen LogP contribution in [-0.2, 0) is 7.05 Å². The Labute approximate surface area is 114 Å². The Balaban J connectivity index is 2.01. The summed E-state index contributed by atoms with van der Waals surface area (Å²) in [6.45, 7) is 2.13. The molecule has 1 atom stereocenters. The molecule has 106 valence electrons. The number of hydrogen-bond donors (Lipinski definition) is 2. The van der Waals surface area contributed by atoms with E-state index in [2.05, 4.69) is 17.3 Å². The molecule has 1 fully saturated rings. The molecule has 1 aliphatic rings. The van der Waals surface area contributed by atoms with Crippen LogP contribution in [0.2, 0.25) is 0 Å². The number of rotatable bonds is 4. The second-order valence-electron chi connectivity index (χ2n) is 5.45. The molecule has 0 spiro atoms. The first kappa shape index (κ1) is 13.9. The van der Waals surface area contributed by atoms with Crippen LogP contribution in [0.15, 0.2) is 6.20 Å². The molecule has 5 heteroatoms.